The summed E-state index contributed by atoms with van der Waals surface area (Å²) in [6.07, 6.45) is 0.580. The molecule has 0 aromatic rings. The molecule has 0 aliphatic carbocycles. The molecule has 0 saturated carbocycles. The summed E-state index contributed by atoms with van der Waals surface area (Å²) >= 11 is 0. The molecule has 15 heavy (non-hydrogen) atoms. The van der Waals surface area contributed by atoms with Gasteiger partial charge in [-0.1, -0.05) is 20.8 Å². The van der Waals surface area contributed by atoms with E-state index < -0.39 is 0 Å². The summed E-state index contributed by atoms with van der Waals surface area (Å²) in [7, 11) is 0. The maximum atomic E-state index is 11.7. The van der Waals surface area contributed by atoms with Gasteiger partial charge in [-0.15, -0.1) is 0 Å². The van der Waals surface area contributed by atoms with E-state index in [1.54, 1.807) is 0 Å². The molecule has 0 bridgehead atoms. The second-order valence-corrected chi connectivity index (χ2v) is 4.20. The Bertz CT molecular complexity index is 247. The highest BCUT2D eigenvalue weighted by molar-refractivity contribution is 5.75. The first kappa shape index (κ1) is 12.0. The first-order chi connectivity index (χ1) is 7.04. The third-order valence-corrected chi connectivity index (χ3v) is 2.65. The molecular weight excluding hydrogens is 196 g/mol. The smallest absolute Gasteiger partial charge is 0.309 e. The van der Waals surface area contributed by atoms with E-state index >= 15 is 0 Å². The van der Waals surface area contributed by atoms with Crippen molar-refractivity contribution >= 4 is 11.9 Å². The Balaban J connectivity index is 2.43. The molecule has 0 aromatic carbocycles. The molecule has 1 saturated heterocycles. The number of hydrogen-bond donors (Lipinski definition) is 0. The maximum Gasteiger partial charge on any atom is 0.309 e. The fourth-order valence-corrected chi connectivity index (χ4v) is 1.73. The molecule has 0 N–H and O–H groups in total. The quantitative estimate of drug-likeness (QED) is 0.666. The summed E-state index contributed by atoms with van der Waals surface area (Å²) in [4.78, 5) is 22.5. The van der Waals surface area contributed by atoms with Crippen molar-refractivity contribution in [3.63, 3.8) is 0 Å². The normalized spacial score (nSPS) is 22.7. The lowest BCUT2D eigenvalue weighted by Gasteiger charge is -2.19. The molecule has 0 radical (unpaired) electrons. The Hall–Kier alpha value is -1.06. The monoisotopic (exact) mass is 214 g/mol. The molecular formula is C11H18O4. The lowest BCUT2D eigenvalue weighted by atomic mass is 9.93. The molecule has 4 nitrogen and oxygen atoms in total. The molecule has 1 heterocycles. The number of carbonyl (C=O) groups is 2. The third-order valence-electron chi connectivity index (χ3n) is 2.65. The maximum absolute atomic E-state index is 11.7. The predicted molar refractivity (Wildman–Crippen MR) is 54.1 cm³/mol. The average molecular weight is 214 g/mol. The zero-order valence-electron chi connectivity index (χ0n) is 9.49. The molecule has 0 aromatic heterocycles. The van der Waals surface area contributed by atoms with Gasteiger partial charge >= 0.3 is 11.9 Å². The summed E-state index contributed by atoms with van der Waals surface area (Å²) in [6.45, 7) is 6.15. The van der Waals surface area contributed by atoms with Crippen molar-refractivity contribution in [2.45, 2.75) is 39.7 Å². The van der Waals surface area contributed by atoms with Crippen LogP contribution in [0.15, 0.2) is 0 Å². The van der Waals surface area contributed by atoms with E-state index in [2.05, 4.69) is 0 Å². The molecule has 0 spiro atoms. The minimum Gasteiger partial charge on any atom is -0.462 e. The fourth-order valence-electron chi connectivity index (χ4n) is 1.73. The van der Waals surface area contributed by atoms with Crippen LogP contribution >= 0.6 is 0 Å². The van der Waals surface area contributed by atoms with Gasteiger partial charge < -0.3 is 9.47 Å². The molecule has 4 heteroatoms. The van der Waals surface area contributed by atoms with Crippen molar-refractivity contribution in [1.29, 1.82) is 0 Å². The number of ether oxygens (including phenoxy) is 2. The lowest BCUT2D eigenvalue weighted by molar-refractivity contribution is -0.155. The van der Waals surface area contributed by atoms with Crippen molar-refractivity contribution in [3.8, 4) is 0 Å². The van der Waals surface area contributed by atoms with Crippen LogP contribution in [0.4, 0.5) is 0 Å². The van der Waals surface area contributed by atoms with Crippen LogP contribution in [0.25, 0.3) is 0 Å². The van der Waals surface area contributed by atoms with Crippen molar-refractivity contribution in [2.24, 2.45) is 11.8 Å². The van der Waals surface area contributed by atoms with Crippen LogP contribution in [0.2, 0.25) is 0 Å². The van der Waals surface area contributed by atoms with Crippen LogP contribution in [-0.4, -0.2) is 24.6 Å². The van der Waals surface area contributed by atoms with E-state index in [1.165, 1.54) is 0 Å². The average Bonchev–Trinajstić information content (AvgIpc) is 2.51. The van der Waals surface area contributed by atoms with Gasteiger partial charge in [-0.3, -0.25) is 9.59 Å². The number of cyclic esters (lactones) is 1. The zero-order chi connectivity index (χ0) is 11.4. The van der Waals surface area contributed by atoms with Gasteiger partial charge in [-0.25, -0.2) is 0 Å². The van der Waals surface area contributed by atoms with Crippen molar-refractivity contribution in [1.82, 2.24) is 0 Å². The van der Waals surface area contributed by atoms with Gasteiger partial charge in [0.1, 0.15) is 12.7 Å². The molecule has 0 amide bonds. The topological polar surface area (TPSA) is 52.6 Å². The highest BCUT2D eigenvalue weighted by Crippen LogP contribution is 2.19. The first-order valence-electron chi connectivity index (χ1n) is 5.40. The molecule has 86 valence electrons. The van der Waals surface area contributed by atoms with Crippen LogP contribution in [0.5, 0.6) is 0 Å². The molecule has 1 aliphatic rings. The number of hydrogen-bond acceptors (Lipinski definition) is 4. The van der Waals surface area contributed by atoms with Crippen LogP contribution in [0.3, 0.4) is 0 Å². The predicted octanol–water partition coefficient (Wildman–Crippen LogP) is 1.53. The van der Waals surface area contributed by atoms with Gasteiger partial charge in [-0.05, 0) is 12.3 Å². The van der Waals surface area contributed by atoms with Gasteiger partial charge in [0.05, 0.1) is 12.3 Å². The third kappa shape index (κ3) is 3.22. The Morgan fingerprint density at radius 1 is 1.60 bits per heavy atom. The summed E-state index contributed by atoms with van der Waals surface area (Å²) in [5, 5.41) is 0. The number of rotatable bonds is 4. The summed E-state index contributed by atoms with van der Waals surface area (Å²) in [5.74, 6) is -0.317. The number of esters is 2. The minimum absolute atomic E-state index is 0.0827. The van der Waals surface area contributed by atoms with Gasteiger partial charge in [-0.2, -0.15) is 0 Å². The van der Waals surface area contributed by atoms with Crippen LogP contribution in [0, 0.1) is 11.8 Å². The van der Waals surface area contributed by atoms with E-state index in [0.29, 0.717) is 0 Å². The summed E-state index contributed by atoms with van der Waals surface area (Å²) < 4.78 is 9.94. The summed E-state index contributed by atoms with van der Waals surface area (Å²) in [6, 6.07) is 0. The van der Waals surface area contributed by atoms with Gasteiger partial charge in [0.2, 0.25) is 0 Å². The van der Waals surface area contributed by atoms with Gasteiger partial charge in [0, 0.05) is 0 Å². The van der Waals surface area contributed by atoms with Gasteiger partial charge in [0.25, 0.3) is 0 Å². The highest BCUT2D eigenvalue weighted by atomic mass is 16.6. The lowest BCUT2D eigenvalue weighted by Crippen LogP contribution is -2.27. The largest absolute Gasteiger partial charge is 0.462 e. The first-order valence-corrected chi connectivity index (χ1v) is 5.40. The minimum atomic E-state index is -0.377. The van der Waals surface area contributed by atoms with Gasteiger partial charge in [0.15, 0.2) is 0 Å². The summed E-state index contributed by atoms with van der Waals surface area (Å²) in [5.41, 5.74) is 0. The van der Waals surface area contributed by atoms with Crippen LogP contribution in [-0.2, 0) is 19.1 Å². The zero-order valence-corrected chi connectivity index (χ0v) is 9.49. The molecule has 2 atom stereocenters. The van der Waals surface area contributed by atoms with E-state index in [9.17, 15) is 9.59 Å². The SMILES string of the molecule is CCC(C(=O)OC1COC(=O)C1)C(C)C. The highest BCUT2D eigenvalue weighted by Gasteiger charge is 2.30. The molecule has 1 fully saturated rings. The number of carbonyl (C=O) groups excluding carboxylic acids is 2. The van der Waals surface area contributed by atoms with E-state index in [-0.39, 0.29) is 42.9 Å². The molecule has 1 aliphatic heterocycles. The Labute approximate surface area is 89.9 Å². The Morgan fingerprint density at radius 3 is 2.67 bits per heavy atom. The van der Waals surface area contributed by atoms with Crippen molar-refractivity contribution in [3.05, 3.63) is 0 Å². The molecule has 1 rings (SSSR count). The Morgan fingerprint density at radius 2 is 2.27 bits per heavy atom. The Kier molecular flexibility index (Phi) is 4.12. The van der Waals surface area contributed by atoms with E-state index in [0.717, 1.165) is 6.42 Å². The standard InChI is InChI=1S/C11H18O4/c1-4-9(7(2)3)11(13)15-8-5-10(12)14-6-8/h7-9H,4-6H2,1-3H3. The van der Waals surface area contributed by atoms with Crippen LogP contribution < -0.4 is 0 Å². The molecule has 2 unspecified atom stereocenters. The van der Waals surface area contributed by atoms with Crippen LogP contribution in [0.1, 0.15) is 33.6 Å². The fraction of sp³-hybridized carbons (Fsp3) is 0.818. The van der Waals surface area contributed by atoms with E-state index in [4.69, 9.17) is 9.47 Å². The second-order valence-electron chi connectivity index (χ2n) is 4.20. The van der Waals surface area contributed by atoms with E-state index in [1.807, 2.05) is 20.8 Å². The van der Waals surface area contributed by atoms with Crippen molar-refractivity contribution in [2.75, 3.05) is 6.61 Å². The second kappa shape index (κ2) is 5.14. The van der Waals surface area contributed by atoms with Crippen molar-refractivity contribution < 1.29 is 19.1 Å².